The number of para-hydroxylation sites is 1. The molecular weight excluding hydrogens is 244 g/mol. The first-order valence-electron chi connectivity index (χ1n) is 5.75. The Morgan fingerprint density at radius 2 is 2.16 bits per heavy atom. The molecule has 98 valence electrons. The zero-order valence-electron chi connectivity index (χ0n) is 10.5. The number of carbonyl (C=O) groups is 1. The molecule has 0 saturated heterocycles. The van der Waals surface area contributed by atoms with E-state index in [0.29, 0.717) is 22.8 Å². The van der Waals surface area contributed by atoms with Gasteiger partial charge in [0.1, 0.15) is 5.75 Å². The number of aliphatic hydroxyl groups excluding tert-OH is 1. The Labute approximate surface area is 110 Å². The fraction of sp³-hybridized carbons (Fsp3) is 0.143. The number of nitrogens with zero attached hydrogens (tertiary/aromatic N) is 1. The Morgan fingerprint density at radius 1 is 1.42 bits per heavy atom. The van der Waals surface area contributed by atoms with Crippen molar-refractivity contribution in [1.82, 2.24) is 4.98 Å². The maximum absolute atomic E-state index is 11.3. The van der Waals surface area contributed by atoms with Gasteiger partial charge in [-0.15, -0.1) is 0 Å². The van der Waals surface area contributed by atoms with Crippen molar-refractivity contribution < 1.29 is 14.6 Å². The van der Waals surface area contributed by atoms with Crippen LogP contribution in [0.15, 0.2) is 36.5 Å². The lowest BCUT2D eigenvalue weighted by molar-refractivity contribution is 0.0998. The molecule has 2 rings (SSSR count). The molecule has 0 saturated carbocycles. The van der Waals surface area contributed by atoms with Gasteiger partial charge in [-0.2, -0.15) is 0 Å². The van der Waals surface area contributed by atoms with E-state index >= 15 is 0 Å². The van der Waals surface area contributed by atoms with Crippen molar-refractivity contribution in [2.75, 3.05) is 0 Å². The number of benzene rings is 1. The van der Waals surface area contributed by atoms with E-state index in [1.165, 1.54) is 6.20 Å². The van der Waals surface area contributed by atoms with Crippen LogP contribution in [0.4, 0.5) is 0 Å². The lowest BCUT2D eigenvalue weighted by Gasteiger charge is -2.10. The van der Waals surface area contributed by atoms with Gasteiger partial charge in [0.2, 0.25) is 5.88 Å². The van der Waals surface area contributed by atoms with Crippen molar-refractivity contribution in [2.24, 2.45) is 5.73 Å². The first-order valence-corrected chi connectivity index (χ1v) is 5.75. The fourth-order valence-electron chi connectivity index (χ4n) is 1.68. The Hall–Kier alpha value is -2.40. The molecule has 0 bridgehead atoms. The van der Waals surface area contributed by atoms with Crippen LogP contribution in [0, 0.1) is 6.92 Å². The minimum atomic E-state index is -0.555. The smallest absolute Gasteiger partial charge is 0.252 e. The summed E-state index contributed by atoms with van der Waals surface area (Å²) in [4.78, 5) is 15.4. The van der Waals surface area contributed by atoms with Crippen LogP contribution in [-0.2, 0) is 6.61 Å². The number of aliphatic hydroxyl groups is 1. The van der Waals surface area contributed by atoms with Crippen molar-refractivity contribution in [2.45, 2.75) is 13.5 Å². The quantitative estimate of drug-likeness (QED) is 0.875. The van der Waals surface area contributed by atoms with Crippen molar-refractivity contribution in [3.63, 3.8) is 0 Å². The summed E-state index contributed by atoms with van der Waals surface area (Å²) in [5.74, 6) is 0.188. The molecule has 0 spiro atoms. The number of ether oxygens (including phenoxy) is 1. The minimum absolute atomic E-state index is 0.0774. The zero-order valence-corrected chi connectivity index (χ0v) is 10.5. The normalized spacial score (nSPS) is 10.2. The third-order valence-electron chi connectivity index (χ3n) is 2.63. The number of primary amides is 1. The van der Waals surface area contributed by atoms with Crippen molar-refractivity contribution in [3.8, 4) is 11.6 Å². The van der Waals surface area contributed by atoms with E-state index in [9.17, 15) is 4.79 Å². The highest BCUT2D eigenvalue weighted by Gasteiger charge is 2.11. The second kappa shape index (κ2) is 5.49. The number of aromatic nitrogens is 1. The zero-order chi connectivity index (χ0) is 13.8. The number of hydrogen-bond acceptors (Lipinski definition) is 4. The highest BCUT2D eigenvalue weighted by atomic mass is 16.5. The van der Waals surface area contributed by atoms with Gasteiger partial charge >= 0.3 is 0 Å². The molecule has 1 aromatic carbocycles. The van der Waals surface area contributed by atoms with Crippen LogP contribution in [0.5, 0.6) is 11.6 Å². The lowest BCUT2D eigenvalue weighted by atomic mass is 10.2. The SMILES string of the molecule is Cc1cc(CO)cnc1Oc1ccccc1C(N)=O. The van der Waals surface area contributed by atoms with Crippen LogP contribution in [0.3, 0.4) is 0 Å². The molecule has 1 heterocycles. The molecule has 3 N–H and O–H groups in total. The first kappa shape index (κ1) is 13.0. The van der Waals surface area contributed by atoms with Crippen LogP contribution in [0.1, 0.15) is 21.5 Å². The van der Waals surface area contributed by atoms with Crippen LogP contribution < -0.4 is 10.5 Å². The van der Waals surface area contributed by atoms with Gasteiger partial charge < -0.3 is 15.6 Å². The Bertz CT molecular complexity index is 611. The first-order chi connectivity index (χ1) is 9.11. The fourth-order valence-corrected chi connectivity index (χ4v) is 1.68. The van der Waals surface area contributed by atoms with Crippen molar-refractivity contribution in [1.29, 1.82) is 0 Å². The number of pyridine rings is 1. The summed E-state index contributed by atoms with van der Waals surface area (Å²) in [6.07, 6.45) is 1.52. The number of amides is 1. The van der Waals surface area contributed by atoms with E-state index in [1.807, 2.05) is 6.92 Å². The lowest BCUT2D eigenvalue weighted by Crippen LogP contribution is -2.12. The topological polar surface area (TPSA) is 85.4 Å². The molecule has 0 aliphatic heterocycles. The summed E-state index contributed by atoms with van der Waals surface area (Å²) in [6.45, 7) is 1.74. The van der Waals surface area contributed by atoms with Crippen molar-refractivity contribution in [3.05, 3.63) is 53.2 Å². The third kappa shape index (κ3) is 2.89. The van der Waals surface area contributed by atoms with Gasteiger partial charge in [-0.3, -0.25) is 4.79 Å². The summed E-state index contributed by atoms with van der Waals surface area (Å²) in [5, 5.41) is 9.02. The van der Waals surface area contributed by atoms with Gasteiger partial charge in [0, 0.05) is 11.8 Å². The summed E-state index contributed by atoms with van der Waals surface area (Å²) >= 11 is 0. The maximum atomic E-state index is 11.3. The van der Waals surface area contributed by atoms with Gasteiger partial charge in [0.15, 0.2) is 0 Å². The van der Waals surface area contributed by atoms with E-state index < -0.39 is 5.91 Å². The Balaban J connectivity index is 2.34. The molecule has 1 aromatic heterocycles. The third-order valence-corrected chi connectivity index (χ3v) is 2.63. The van der Waals surface area contributed by atoms with Gasteiger partial charge in [-0.05, 0) is 30.7 Å². The highest BCUT2D eigenvalue weighted by molar-refractivity contribution is 5.95. The van der Waals surface area contributed by atoms with E-state index in [1.54, 1.807) is 30.3 Å². The van der Waals surface area contributed by atoms with Crippen LogP contribution in [-0.4, -0.2) is 16.0 Å². The molecule has 1 amide bonds. The van der Waals surface area contributed by atoms with Gasteiger partial charge in [-0.25, -0.2) is 4.98 Å². The molecule has 0 aliphatic carbocycles. The van der Waals surface area contributed by atoms with Gasteiger partial charge in [-0.1, -0.05) is 12.1 Å². The summed E-state index contributed by atoms with van der Waals surface area (Å²) in [6, 6.07) is 8.48. The molecule has 0 aliphatic rings. The summed E-state index contributed by atoms with van der Waals surface area (Å²) in [7, 11) is 0. The van der Waals surface area contributed by atoms with Gasteiger partial charge in [0.25, 0.3) is 5.91 Å². The maximum Gasteiger partial charge on any atom is 0.252 e. The van der Waals surface area contributed by atoms with Crippen LogP contribution in [0.25, 0.3) is 0 Å². The van der Waals surface area contributed by atoms with E-state index in [-0.39, 0.29) is 6.61 Å². The molecule has 19 heavy (non-hydrogen) atoms. The van der Waals surface area contributed by atoms with Crippen LogP contribution >= 0.6 is 0 Å². The molecule has 2 aromatic rings. The largest absolute Gasteiger partial charge is 0.438 e. The number of aryl methyl sites for hydroxylation is 1. The molecule has 0 radical (unpaired) electrons. The van der Waals surface area contributed by atoms with Crippen LogP contribution in [0.2, 0.25) is 0 Å². The standard InChI is InChI=1S/C14H14N2O3/c1-9-6-10(8-17)7-16-14(9)19-12-5-3-2-4-11(12)13(15)18/h2-7,17H,8H2,1H3,(H2,15,18). The Morgan fingerprint density at radius 3 is 2.79 bits per heavy atom. The monoisotopic (exact) mass is 258 g/mol. The number of rotatable bonds is 4. The van der Waals surface area contributed by atoms with Gasteiger partial charge in [0.05, 0.1) is 12.2 Å². The summed E-state index contributed by atoms with van der Waals surface area (Å²) in [5.41, 5.74) is 7.05. The number of nitrogens with two attached hydrogens (primary N) is 1. The summed E-state index contributed by atoms with van der Waals surface area (Å²) < 4.78 is 5.61. The molecule has 0 fully saturated rings. The molecular formula is C14H14N2O3. The second-order valence-corrected chi connectivity index (χ2v) is 4.09. The molecule has 0 unspecified atom stereocenters. The Kier molecular flexibility index (Phi) is 3.77. The average molecular weight is 258 g/mol. The predicted molar refractivity (Wildman–Crippen MR) is 69.9 cm³/mol. The second-order valence-electron chi connectivity index (χ2n) is 4.09. The predicted octanol–water partition coefficient (Wildman–Crippen LogP) is 1.77. The minimum Gasteiger partial charge on any atom is -0.438 e. The van der Waals surface area contributed by atoms with E-state index in [0.717, 1.165) is 5.56 Å². The average Bonchev–Trinajstić information content (AvgIpc) is 2.41. The molecule has 5 heteroatoms. The number of carbonyl (C=O) groups excluding carboxylic acids is 1. The van der Waals surface area contributed by atoms with E-state index in [2.05, 4.69) is 4.98 Å². The molecule has 5 nitrogen and oxygen atoms in total. The number of hydrogen-bond donors (Lipinski definition) is 2. The highest BCUT2D eigenvalue weighted by Crippen LogP contribution is 2.26. The van der Waals surface area contributed by atoms with E-state index in [4.69, 9.17) is 15.6 Å². The van der Waals surface area contributed by atoms with Crippen molar-refractivity contribution >= 4 is 5.91 Å². The molecule has 0 atom stereocenters.